The highest BCUT2D eigenvalue weighted by atomic mass is 35.5. The van der Waals surface area contributed by atoms with Crippen LogP contribution < -0.4 is 5.73 Å². The number of halogens is 1. The van der Waals surface area contributed by atoms with Gasteiger partial charge < -0.3 is 5.73 Å². The van der Waals surface area contributed by atoms with Gasteiger partial charge in [-0.15, -0.1) is 11.8 Å². The van der Waals surface area contributed by atoms with E-state index in [0.717, 1.165) is 22.0 Å². The summed E-state index contributed by atoms with van der Waals surface area (Å²) in [5, 5.41) is 12.7. The number of nitrogens with one attached hydrogen (secondary N) is 1. The van der Waals surface area contributed by atoms with Crippen LogP contribution in [-0.4, -0.2) is 21.4 Å². The fraction of sp³-hybridized carbons (Fsp3) is 0.231. The van der Waals surface area contributed by atoms with Gasteiger partial charge in [0, 0.05) is 11.1 Å². The first-order chi connectivity index (χ1) is 9.04. The van der Waals surface area contributed by atoms with Gasteiger partial charge in [0.2, 0.25) is 0 Å². The summed E-state index contributed by atoms with van der Waals surface area (Å²) >= 11 is 7.69. The van der Waals surface area contributed by atoms with Crippen LogP contribution in [-0.2, 0) is 0 Å². The van der Waals surface area contributed by atoms with Crippen LogP contribution in [0.3, 0.4) is 0 Å². The van der Waals surface area contributed by atoms with Crippen LogP contribution in [0.1, 0.15) is 18.2 Å². The number of thioether (sulfide) groups is 1. The Bertz CT molecular complexity index is 602. The van der Waals surface area contributed by atoms with Crippen molar-refractivity contribution in [3.05, 3.63) is 40.7 Å². The molecule has 2 rings (SSSR count). The molecule has 1 heterocycles. The van der Waals surface area contributed by atoms with Crippen LogP contribution in [0.5, 0.6) is 0 Å². The first kappa shape index (κ1) is 14.0. The average molecular weight is 295 g/mol. The molecule has 6 heteroatoms. The Morgan fingerprint density at radius 1 is 1.53 bits per heavy atom. The van der Waals surface area contributed by atoms with Gasteiger partial charge in [0.25, 0.3) is 0 Å². The minimum atomic E-state index is 0.0378. The lowest BCUT2D eigenvalue weighted by Crippen LogP contribution is -2.16. The molecule has 0 amide bonds. The third kappa shape index (κ3) is 2.77. The Balaban J connectivity index is 2.62. The van der Waals surface area contributed by atoms with E-state index < -0.39 is 0 Å². The number of nitrogens with two attached hydrogens (primary N) is 1. The second kappa shape index (κ2) is 5.67. The summed E-state index contributed by atoms with van der Waals surface area (Å²) in [5.74, 6) is 0.957. The maximum absolute atomic E-state index is 7.80. The molecular weight excluding hydrogens is 280 g/mol. The van der Waals surface area contributed by atoms with Crippen molar-refractivity contribution in [1.82, 2.24) is 9.78 Å². The summed E-state index contributed by atoms with van der Waals surface area (Å²) in [4.78, 5) is 0.983. The van der Waals surface area contributed by atoms with Crippen molar-refractivity contribution in [1.29, 1.82) is 5.41 Å². The highest BCUT2D eigenvalue weighted by Crippen LogP contribution is 2.28. The van der Waals surface area contributed by atoms with E-state index in [2.05, 4.69) is 12.0 Å². The fourth-order valence-corrected chi connectivity index (χ4v) is 2.79. The average Bonchev–Trinajstić information content (AvgIpc) is 2.69. The maximum Gasteiger partial charge on any atom is 0.126 e. The monoisotopic (exact) mass is 294 g/mol. The molecule has 3 N–H and O–H groups in total. The van der Waals surface area contributed by atoms with Crippen molar-refractivity contribution in [3.8, 4) is 5.69 Å². The van der Waals surface area contributed by atoms with Gasteiger partial charge in [-0.25, -0.2) is 4.68 Å². The number of nitrogens with zero attached hydrogens (tertiary/aromatic N) is 2. The van der Waals surface area contributed by atoms with E-state index in [1.54, 1.807) is 22.6 Å². The Morgan fingerprint density at radius 3 is 2.79 bits per heavy atom. The Kier molecular flexibility index (Phi) is 4.17. The normalized spacial score (nSPS) is 10.7. The van der Waals surface area contributed by atoms with Crippen molar-refractivity contribution in [2.45, 2.75) is 18.7 Å². The van der Waals surface area contributed by atoms with Crippen LogP contribution in [0.15, 0.2) is 29.3 Å². The van der Waals surface area contributed by atoms with Gasteiger partial charge in [-0.2, -0.15) is 5.10 Å². The molecule has 1 aromatic carbocycles. The maximum atomic E-state index is 7.80. The van der Waals surface area contributed by atoms with Crippen LogP contribution in [0.25, 0.3) is 5.69 Å². The second-order valence-electron chi connectivity index (χ2n) is 4.00. The molecule has 0 fully saturated rings. The van der Waals surface area contributed by atoms with Crippen LogP contribution >= 0.6 is 23.4 Å². The predicted molar refractivity (Wildman–Crippen MR) is 80.7 cm³/mol. The van der Waals surface area contributed by atoms with Crippen molar-refractivity contribution in [2.75, 3.05) is 5.75 Å². The molecular formula is C13H15ClN4S. The SMILES string of the molecule is CCSc1cccc(-n2cc(Cl)c(C)n2)c1C(=N)N. The lowest BCUT2D eigenvalue weighted by Gasteiger charge is -2.12. The lowest BCUT2D eigenvalue weighted by atomic mass is 10.1. The van der Waals surface area contributed by atoms with Gasteiger partial charge in [0.1, 0.15) is 5.84 Å². The van der Waals surface area contributed by atoms with E-state index in [-0.39, 0.29) is 5.84 Å². The molecule has 0 atom stereocenters. The minimum absolute atomic E-state index is 0.0378. The molecule has 0 unspecified atom stereocenters. The topological polar surface area (TPSA) is 67.7 Å². The molecule has 19 heavy (non-hydrogen) atoms. The van der Waals surface area contributed by atoms with E-state index in [0.29, 0.717) is 10.6 Å². The predicted octanol–water partition coefficient (Wildman–Crippen LogP) is 3.23. The first-order valence-electron chi connectivity index (χ1n) is 5.87. The second-order valence-corrected chi connectivity index (χ2v) is 5.72. The lowest BCUT2D eigenvalue weighted by molar-refractivity contribution is 0.856. The summed E-state index contributed by atoms with van der Waals surface area (Å²) in [6.45, 7) is 3.91. The molecule has 1 aromatic heterocycles. The molecule has 0 aliphatic heterocycles. The third-order valence-corrected chi connectivity index (χ3v) is 3.97. The van der Waals surface area contributed by atoms with Gasteiger partial charge in [0.05, 0.1) is 22.0 Å². The van der Waals surface area contributed by atoms with E-state index in [1.807, 2.05) is 25.1 Å². The number of amidine groups is 1. The zero-order valence-corrected chi connectivity index (χ0v) is 12.3. The highest BCUT2D eigenvalue weighted by molar-refractivity contribution is 7.99. The molecule has 0 spiro atoms. The molecule has 2 aromatic rings. The number of nitrogen functional groups attached to an aromatic ring is 1. The van der Waals surface area contributed by atoms with Gasteiger partial charge >= 0.3 is 0 Å². The van der Waals surface area contributed by atoms with E-state index in [4.69, 9.17) is 22.7 Å². The number of rotatable bonds is 4. The number of aromatic nitrogens is 2. The van der Waals surface area contributed by atoms with E-state index >= 15 is 0 Å². The smallest absolute Gasteiger partial charge is 0.126 e. The fourth-order valence-electron chi connectivity index (χ4n) is 1.82. The third-order valence-electron chi connectivity index (χ3n) is 2.66. The summed E-state index contributed by atoms with van der Waals surface area (Å²) < 4.78 is 1.67. The zero-order chi connectivity index (χ0) is 14.0. The largest absolute Gasteiger partial charge is 0.384 e. The highest BCUT2D eigenvalue weighted by Gasteiger charge is 2.14. The van der Waals surface area contributed by atoms with Crippen molar-refractivity contribution in [2.24, 2.45) is 5.73 Å². The zero-order valence-electron chi connectivity index (χ0n) is 10.8. The van der Waals surface area contributed by atoms with Gasteiger partial charge in [-0.1, -0.05) is 24.6 Å². The molecule has 0 aliphatic rings. The van der Waals surface area contributed by atoms with Gasteiger partial charge in [0.15, 0.2) is 0 Å². The number of hydrogen-bond acceptors (Lipinski definition) is 3. The van der Waals surface area contributed by atoms with Crippen molar-refractivity contribution < 1.29 is 0 Å². The van der Waals surface area contributed by atoms with E-state index in [1.165, 1.54) is 0 Å². The number of hydrogen-bond donors (Lipinski definition) is 2. The van der Waals surface area contributed by atoms with Crippen molar-refractivity contribution >= 4 is 29.2 Å². The van der Waals surface area contributed by atoms with Crippen molar-refractivity contribution in [3.63, 3.8) is 0 Å². The molecule has 0 aliphatic carbocycles. The minimum Gasteiger partial charge on any atom is -0.384 e. The first-order valence-corrected chi connectivity index (χ1v) is 7.23. The molecule has 0 bridgehead atoms. The summed E-state index contributed by atoms with van der Waals surface area (Å²) in [6, 6.07) is 5.79. The molecule has 0 radical (unpaired) electrons. The molecule has 4 nitrogen and oxygen atoms in total. The Labute approximate surface area is 121 Å². The Hall–Kier alpha value is -1.46. The summed E-state index contributed by atoms with van der Waals surface area (Å²) in [5.41, 5.74) is 7.96. The quantitative estimate of drug-likeness (QED) is 0.517. The number of benzene rings is 1. The van der Waals surface area contributed by atoms with Crippen LogP contribution in [0.4, 0.5) is 0 Å². The standard InChI is InChI=1S/C13H15ClN4S/c1-3-19-11-6-4-5-10(12(11)13(15)16)18-7-9(14)8(2)17-18/h4-7H,3H2,1-2H3,(H3,15,16). The summed E-state index contributed by atoms with van der Waals surface area (Å²) in [6.07, 6.45) is 1.74. The van der Waals surface area contributed by atoms with Crippen LogP contribution in [0, 0.1) is 12.3 Å². The van der Waals surface area contributed by atoms with Gasteiger partial charge in [-0.05, 0) is 24.8 Å². The van der Waals surface area contributed by atoms with Gasteiger partial charge in [-0.3, -0.25) is 5.41 Å². The van der Waals surface area contributed by atoms with E-state index in [9.17, 15) is 0 Å². The molecule has 100 valence electrons. The summed E-state index contributed by atoms with van der Waals surface area (Å²) in [7, 11) is 0. The van der Waals surface area contributed by atoms with Crippen LogP contribution in [0.2, 0.25) is 5.02 Å². The molecule has 0 saturated carbocycles. The number of aryl methyl sites for hydroxylation is 1. The Morgan fingerprint density at radius 2 is 2.26 bits per heavy atom. The molecule has 0 saturated heterocycles.